The van der Waals surface area contributed by atoms with Crippen LogP contribution in [-0.4, -0.2) is 21.3 Å². The van der Waals surface area contributed by atoms with Crippen molar-refractivity contribution in [2.24, 2.45) is 0 Å². The summed E-state index contributed by atoms with van der Waals surface area (Å²) < 4.78 is 16.1. The van der Waals surface area contributed by atoms with Gasteiger partial charge in [0.05, 0.1) is 33.0 Å². The van der Waals surface area contributed by atoms with E-state index < -0.39 is 0 Å². The predicted molar refractivity (Wildman–Crippen MR) is 104 cm³/mol. The van der Waals surface area contributed by atoms with Gasteiger partial charge >= 0.3 is 0 Å². The van der Waals surface area contributed by atoms with E-state index in [2.05, 4.69) is 6.07 Å². The Morgan fingerprint density at radius 2 is 1.46 bits per heavy atom. The molecule has 0 bridgehead atoms. The number of allylic oxidation sites excluding steroid dienone is 1. The lowest BCUT2D eigenvalue weighted by atomic mass is 9.99. The molecular formula is C22H19NO3. The third kappa shape index (κ3) is 3.33. The van der Waals surface area contributed by atoms with Gasteiger partial charge in [0.15, 0.2) is 11.5 Å². The van der Waals surface area contributed by atoms with Crippen molar-refractivity contribution in [2.45, 2.75) is 0 Å². The van der Waals surface area contributed by atoms with Crippen LogP contribution in [0.5, 0.6) is 17.2 Å². The smallest absolute Gasteiger partial charge is 0.164 e. The van der Waals surface area contributed by atoms with Gasteiger partial charge in [-0.15, -0.1) is 0 Å². The fourth-order valence-corrected chi connectivity index (χ4v) is 2.86. The number of rotatable bonds is 5. The first-order valence-corrected chi connectivity index (χ1v) is 8.11. The van der Waals surface area contributed by atoms with Crippen molar-refractivity contribution >= 4 is 22.4 Å². The molecule has 4 nitrogen and oxygen atoms in total. The minimum absolute atomic E-state index is 0.543. The van der Waals surface area contributed by atoms with E-state index in [4.69, 9.17) is 14.2 Å². The zero-order valence-corrected chi connectivity index (χ0v) is 14.9. The van der Waals surface area contributed by atoms with E-state index in [-0.39, 0.29) is 0 Å². The summed E-state index contributed by atoms with van der Waals surface area (Å²) in [5.41, 5.74) is 2.14. The Morgan fingerprint density at radius 1 is 0.808 bits per heavy atom. The molecule has 0 saturated heterocycles. The van der Waals surface area contributed by atoms with E-state index in [1.165, 1.54) is 0 Å². The quantitative estimate of drug-likeness (QED) is 0.486. The monoisotopic (exact) mass is 345 g/mol. The van der Waals surface area contributed by atoms with Gasteiger partial charge in [0, 0.05) is 11.6 Å². The Morgan fingerprint density at radius 3 is 2.12 bits per heavy atom. The molecule has 0 aliphatic heterocycles. The van der Waals surface area contributed by atoms with Crippen molar-refractivity contribution in [3.8, 4) is 23.3 Å². The minimum atomic E-state index is 0.543. The van der Waals surface area contributed by atoms with Crippen LogP contribution in [0.3, 0.4) is 0 Å². The van der Waals surface area contributed by atoms with Crippen LogP contribution in [0, 0.1) is 11.3 Å². The number of hydrogen-bond donors (Lipinski definition) is 0. The third-order valence-corrected chi connectivity index (χ3v) is 4.22. The fraction of sp³-hybridized carbons (Fsp3) is 0.136. The molecule has 0 radical (unpaired) electrons. The number of fused-ring (bicyclic) bond motifs is 1. The Bertz CT molecular complexity index is 1020. The largest absolute Gasteiger partial charge is 0.496 e. The lowest BCUT2D eigenvalue weighted by molar-refractivity contribution is 0.348. The maximum absolute atomic E-state index is 9.69. The Hall–Kier alpha value is -3.45. The first kappa shape index (κ1) is 17.4. The van der Waals surface area contributed by atoms with Gasteiger partial charge in [0.25, 0.3) is 0 Å². The molecule has 3 rings (SSSR count). The zero-order valence-electron chi connectivity index (χ0n) is 14.9. The molecule has 0 aliphatic carbocycles. The summed E-state index contributed by atoms with van der Waals surface area (Å²) >= 11 is 0. The molecule has 0 fully saturated rings. The number of ether oxygens (including phenoxy) is 3. The standard InChI is InChI=1S/C22H19NO3/c1-24-20-13-22(26-3)21(25-2)12-18(20)11-19(14-23)17-9-8-15-6-4-5-7-16(15)10-17/h4-13H,1-3H3/b19-11+. The average molecular weight is 345 g/mol. The van der Waals surface area contributed by atoms with Gasteiger partial charge in [-0.3, -0.25) is 0 Å². The Kier molecular flexibility index (Phi) is 5.09. The first-order chi connectivity index (χ1) is 12.7. The van der Waals surface area contributed by atoms with Gasteiger partial charge in [-0.1, -0.05) is 36.4 Å². The molecule has 0 amide bonds. The van der Waals surface area contributed by atoms with Crippen LogP contribution in [-0.2, 0) is 0 Å². The van der Waals surface area contributed by atoms with Crippen molar-refractivity contribution in [3.63, 3.8) is 0 Å². The average Bonchev–Trinajstić information content (AvgIpc) is 2.70. The molecule has 0 aliphatic rings. The summed E-state index contributed by atoms with van der Waals surface area (Å²) in [7, 11) is 4.73. The maximum Gasteiger partial charge on any atom is 0.164 e. The molecule has 130 valence electrons. The molecule has 0 N–H and O–H groups in total. The lowest BCUT2D eigenvalue weighted by Gasteiger charge is -2.12. The van der Waals surface area contributed by atoms with E-state index in [0.717, 1.165) is 21.9 Å². The molecule has 26 heavy (non-hydrogen) atoms. The molecule has 0 heterocycles. The van der Waals surface area contributed by atoms with E-state index in [1.807, 2.05) is 42.5 Å². The third-order valence-electron chi connectivity index (χ3n) is 4.22. The normalized spacial score (nSPS) is 11.1. The summed E-state index contributed by atoms with van der Waals surface area (Å²) in [5, 5.41) is 11.9. The van der Waals surface area contributed by atoms with Gasteiger partial charge in [-0.2, -0.15) is 5.26 Å². The fourth-order valence-electron chi connectivity index (χ4n) is 2.86. The summed E-state index contributed by atoms with van der Waals surface area (Å²) in [6.07, 6.45) is 1.80. The maximum atomic E-state index is 9.69. The summed E-state index contributed by atoms with van der Waals surface area (Å²) in [5.74, 6) is 1.76. The minimum Gasteiger partial charge on any atom is -0.496 e. The second kappa shape index (κ2) is 7.62. The molecule has 0 saturated carbocycles. The van der Waals surface area contributed by atoms with Crippen molar-refractivity contribution in [2.75, 3.05) is 21.3 Å². The number of hydrogen-bond acceptors (Lipinski definition) is 4. The molecule has 3 aromatic carbocycles. The summed E-state index contributed by atoms with van der Waals surface area (Å²) in [6.45, 7) is 0. The molecule has 0 spiro atoms. The van der Waals surface area contributed by atoms with Gasteiger partial charge < -0.3 is 14.2 Å². The van der Waals surface area contributed by atoms with Crippen LogP contribution >= 0.6 is 0 Å². The molecule has 3 aromatic rings. The highest BCUT2D eigenvalue weighted by molar-refractivity contribution is 5.95. The molecular weight excluding hydrogens is 326 g/mol. The van der Waals surface area contributed by atoms with E-state index in [0.29, 0.717) is 22.8 Å². The molecule has 4 heteroatoms. The van der Waals surface area contributed by atoms with Crippen molar-refractivity contribution in [1.82, 2.24) is 0 Å². The number of nitrogens with zero attached hydrogens (tertiary/aromatic N) is 1. The molecule has 0 unspecified atom stereocenters. The van der Waals surface area contributed by atoms with Crippen LogP contribution in [0.1, 0.15) is 11.1 Å². The van der Waals surface area contributed by atoms with Gasteiger partial charge in [0.1, 0.15) is 5.75 Å². The van der Waals surface area contributed by atoms with E-state index >= 15 is 0 Å². The second-order valence-electron chi connectivity index (χ2n) is 5.68. The van der Waals surface area contributed by atoms with Gasteiger partial charge in [-0.05, 0) is 34.5 Å². The van der Waals surface area contributed by atoms with Crippen LogP contribution < -0.4 is 14.2 Å². The summed E-state index contributed by atoms with van der Waals surface area (Å²) in [6, 6.07) is 19.9. The highest BCUT2D eigenvalue weighted by atomic mass is 16.5. The lowest BCUT2D eigenvalue weighted by Crippen LogP contribution is -1.95. The van der Waals surface area contributed by atoms with Crippen molar-refractivity contribution in [1.29, 1.82) is 5.26 Å². The molecule has 0 aromatic heterocycles. The summed E-state index contributed by atoms with van der Waals surface area (Å²) in [4.78, 5) is 0. The molecule has 0 atom stereocenters. The topological polar surface area (TPSA) is 51.5 Å². The van der Waals surface area contributed by atoms with Crippen LogP contribution in [0.2, 0.25) is 0 Å². The predicted octanol–water partition coefficient (Wildman–Crippen LogP) is 4.93. The van der Waals surface area contributed by atoms with Crippen molar-refractivity contribution in [3.05, 3.63) is 65.7 Å². The van der Waals surface area contributed by atoms with Gasteiger partial charge in [-0.25, -0.2) is 0 Å². The van der Waals surface area contributed by atoms with Crippen LogP contribution in [0.4, 0.5) is 0 Å². The first-order valence-electron chi connectivity index (χ1n) is 8.11. The van der Waals surface area contributed by atoms with Crippen LogP contribution in [0.15, 0.2) is 54.6 Å². The zero-order chi connectivity index (χ0) is 18.5. The highest BCUT2D eigenvalue weighted by Crippen LogP contribution is 2.36. The van der Waals surface area contributed by atoms with E-state index in [1.54, 1.807) is 39.5 Å². The number of methoxy groups -OCH3 is 3. The number of benzene rings is 3. The Labute approximate surface area is 152 Å². The van der Waals surface area contributed by atoms with E-state index in [9.17, 15) is 5.26 Å². The second-order valence-corrected chi connectivity index (χ2v) is 5.68. The van der Waals surface area contributed by atoms with Gasteiger partial charge in [0.2, 0.25) is 0 Å². The van der Waals surface area contributed by atoms with Crippen LogP contribution in [0.25, 0.3) is 22.4 Å². The number of nitriles is 1. The highest BCUT2D eigenvalue weighted by Gasteiger charge is 2.12. The Balaban J connectivity index is 2.12. The SMILES string of the molecule is COc1cc(OC)c(OC)cc1/C=C(\C#N)c1ccc2ccccc2c1. The van der Waals surface area contributed by atoms with Crippen molar-refractivity contribution < 1.29 is 14.2 Å².